The predicted octanol–water partition coefficient (Wildman–Crippen LogP) is 3.63. The zero-order valence-corrected chi connectivity index (χ0v) is 11.3. The summed E-state index contributed by atoms with van der Waals surface area (Å²) in [5.41, 5.74) is 5.87. The van der Waals surface area contributed by atoms with Crippen molar-refractivity contribution in [2.24, 2.45) is 0 Å². The maximum Gasteiger partial charge on any atom is 0.224 e. The van der Waals surface area contributed by atoms with Gasteiger partial charge in [-0.25, -0.2) is 4.98 Å². The molecule has 0 amide bonds. The summed E-state index contributed by atoms with van der Waals surface area (Å²) in [6.07, 6.45) is 1.89. The van der Waals surface area contributed by atoms with Crippen molar-refractivity contribution in [3.63, 3.8) is 0 Å². The third-order valence-corrected chi connectivity index (χ3v) is 3.52. The number of hydrogen-bond donors (Lipinski definition) is 1. The molecule has 0 aliphatic rings. The van der Waals surface area contributed by atoms with Crippen LogP contribution in [0.25, 0.3) is 16.9 Å². The fourth-order valence-corrected chi connectivity index (χ4v) is 2.22. The van der Waals surface area contributed by atoms with Crippen molar-refractivity contribution in [2.45, 2.75) is 20.8 Å². The van der Waals surface area contributed by atoms with Gasteiger partial charge in [-0.05, 0) is 49.6 Å². The summed E-state index contributed by atoms with van der Waals surface area (Å²) in [5, 5.41) is 10.3. The van der Waals surface area contributed by atoms with Crippen LogP contribution in [0.2, 0.25) is 0 Å². The summed E-state index contributed by atoms with van der Waals surface area (Å²) in [6.45, 7) is 6.14. The molecular weight excluding hydrogens is 236 g/mol. The maximum absolute atomic E-state index is 10.3. The van der Waals surface area contributed by atoms with E-state index >= 15 is 0 Å². The smallest absolute Gasteiger partial charge is 0.224 e. The molecule has 0 saturated heterocycles. The van der Waals surface area contributed by atoms with Crippen LogP contribution in [0.1, 0.15) is 16.7 Å². The fourth-order valence-electron chi connectivity index (χ4n) is 2.22. The molecule has 0 atom stereocenters. The van der Waals surface area contributed by atoms with Crippen molar-refractivity contribution in [1.29, 1.82) is 0 Å². The molecule has 2 aromatic heterocycles. The molecule has 1 aromatic carbocycles. The van der Waals surface area contributed by atoms with E-state index in [-0.39, 0.29) is 5.88 Å². The number of fused-ring (bicyclic) bond motifs is 1. The number of pyridine rings is 1. The molecular formula is C16H16N2O. The van der Waals surface area contributed by atoms with E-state index in [4.69, 9.17) is 0 Å². The maximum atomic E-state index is 10.3. The Kier molecular flexibility index (Phi) is 2.56. The van der Waals surface area contributed by atoms with Crippen LogP contribution < -0.4 is 0 Å². The van der Waals surface area contributed by atoms with Crippen LogP contribution in [-0.4, -0.2) is 14.5 Å². The minimum Gasteiger partial charge on any atom is -0.493 e. The van der Waals surface area contributed by atoms with E-state index in [0.29, 0.717) is 5.69 Å². The van der Waals surface area contributed by atoms with Crippen molar-refractivity contribution in [3.8, 4) is 17.1 Å². The standard InChI is InChI=1S/C16H16N2O/c1-10-4-7-14-17-15(16(19)18(14)9-10)13-6-5-11(2)12(3)8-13/h4-9,19H,1-3H3. The molecule has 0 aliphatic carbocycles. The number of aryl methyl sites for hydroxylation is 3. The second-order valence-corrected chi connectivity index (χ2v) is 5.02. The Morgan fingerprint density at radius 2 is 1.79 bits per heavy atom. The summed E-state index contributed by atoms with van der Waals surface area (Å²) in [4.78, 5) is 4.51. The average molecular weight is 252 g/mol. The summed E-state index contributed by atoms with van der Waals surface area (Å²) in [5.74, 6) is 0.196. The first-order valence-corrected chi connectivity index (χ1v) is 6.31. The van der Waals surface area contributed by atoms with Gasteiger partial charge in [0.1, 0.15) is 11.3 Å². The van der Waals surface area contributed by atoms with Crippen LogP contribution in [0.3, 0.4) is 0 Å². The predicted molar refractivity (Wildman–Crippen MR) is 76.5 cm³/mol. The van der Waals surface area contributed by atoms with Gasteiger partial charge in [0.15, 0.2) is 0 Å². The van der Waals surface area contributed by atoms with Crippen molar-refractivity contribution in [2.75, 3.05) is 0 Å². The largest absolute Gasteiger partial charge is 0.493 e. The second kappa shape index (κ2) is 4.12. The molecule has 0 radical (unpaired) electrons. The van der Waals surface area contributed by atoms with Gasteiger partial charge in [-0.15, -0.1) is 0 Å². The van der Waals surface area contributed by atoms with Gasteiger partial charge in [-0.2, -0.15) is 0 Å². The number of imidazole rings is 1. The van der Waals surface area contributed by atoms with Crippen LogP contribution >= 0.6 is 0 Å². The molecule has 3 aromatic rings. The Morgan fingerprint density at radius 3 is 2.53 bits per heavy atom. The van der Waals surface area contributed by atoms with E-state index in [2.05, 4.69) is 31.0 Å². The molecule has 0 bridgehead atoms. The Hall–Kier alpha value is -2.29. The van der Waals surface area contributed by atoms with Crippen LogP contribution in [0.4, 0.5) is 0 Å². The van der Waals surface area contributed by atoms with Crippen LogP contribution in [0.5, 0.6) is 5.88 Å². The van der Waals surface area contributed by atoms with Gasteiger partial charge in [-0.3, -0.25) is 4.40 Å². The first kappa shape index (κ1) is 11.8. The molecule has 3 nitrogen and oxygen atoms in total. The number of aromatic hydroxyl groups is 1. The molecule has 0 fully saturated rings. The van der Waals surface area contributed by atoms with Gasteiger partial charge < -0.3 is 5.11 Å². The molecule has 96 valence electrons. The lowest BCUT2D eigenvalue weighted by atomic mass is 10.0. The molecule has 2 heterocycles. The van der Waals surface area contributed by atoms with Gasteiger partial charge in [0.2, 0.25) is 5.88 Å². The Morgan fingerprint density at radius 1 is 1.00 bits per heavy atom. The number of nitrogens with zero attached hydrogens (tertiary/aromatic N) is 2. The molecule has 0 aliphatic heterocycles. The zero-order chi connectivity index (χ0) is 13.6. The van der Waals surface area contributed by atoms with Crippen LogP contribution in [0, 0.1) is 20.8 Å². The van der Waals surface area contributed by atoms with Crippen molar-refractivity contribution < 1.29 is 5.11 Å². The monoisotopic (exact) mass is 252 g/mol. The number of aromatic nitrogens is 2. The molecule has 3 rings (SSSR count). The van der Waals surface area contributed by atoms with E-state index < -0.39 is 0 Å². The number of rotatable bonds is 1. The van der Waals surface area contributed by atoms with E-state index in [1.165, 1.54) is 11.1 Å². The van der Waals surface area contributed by atoms with Crippen molar-refractivity contribution >= 4 is 5.65 Å². The fraction of sp³-hybridized carbons (Fsp3) is 0.188. The minimum absolute atomic E-state index is 0.196. The summed E-state index contributed by atoms with van der Waals surface area (Å²) >= 11 is 0. The normalized spacial score (nSPS) is 11.1. The summed E-state index contributed by atoms with van der Waals surface area (Å²) < 4.78 is 1.72. The highest BCUT2D eigenvalue weighted by atomic mass is 16.3. The quantitative estimate of drug-likeness (QED) is 0.718. The summed E-state index contributed by atoms with van der Waals surface area (Å²) in [6, 6.07) is 10.0. The lowest BCUT2D eigenvalue weighted by molar-refractivity contribution is 0.450. The van der Waals surface area contributed by atoms with Gasteiger partial charge in [-0.1, -0.05) is 18.2 Å². The topological polar surface area (TPSA) is 37.5 Å². The number of benzene rings is 1. The molecule has 0 saturated carbocycles. The Bertz CT molecular complexity index is 772. The molecule has 19 heavy (non-hydrogen) atoms. The SMILES string of the molecule is Cc1ccc2nc(-c3ccc(C)c(C)c3)c(O)n2c1. The lowest BCUT2D eigenvalue weighted by Crippen LogP contribution is -1.85. The van der Waals surface area contributed by atoms with E-state index in [9.17, 15) is 5.11 Å². The first-order valence-electron chi connectivity index (χ1n) is 6.31. The highest BCUT2D eigenvalue weighted by Gasteiger charge is 2.13. The van der Waals surface area contributed by atoms with E-state index in [1.807, 2.05) is 31.3 Å². The second-order valence-electron chi connectivity index (χ2n) is 5.02. The summed E-state index contributed by atoms with van der Waals surface area (Å²) in [7, 11) is 0. The first-order chi connectivity index (χ1) is 9.06. The zero-order valence-electron chi connectivity index (χ0n) is 11.3. The van der Waals surface area contributed by atoms with E-state index in [1.54, 1.807) is 4.40 Å². The van der Waals surface area contributed by atoms with Crippen LogP contribution in [0.15, 0.2) is 36.5 Å². The molecule has 0 spiro atoms. The lowest BCUT2D eigenvalue weighted by Gasteiger charge is -2.03. The third-order valence-electron chi connectivity index (χ3n) is 3.52. The molecule has 1 N–H and O–H groups in total. The highest BCUT2D eigenvalue weighted by Crippen LogP contribution is 2.30. The van der Waals surface area contributed by atoms with Gasteiger partial charge in [0.25, 0.3) is 0 Å². The molecule has 3 heteroatoms. The third kappa shape index (κ3) is 1.87. The van der Waals surface area contributed by atoms with Gasteiger partial charge >= 0.3 is 0 Å². The van der Waals surface area contributed by atoms with Crippen molar-refractivity contribution in [3.05, 3.63) is 53.2 Å². The highest BCUT2D eigenvalue weighted by molar-refractivity contribution is 5.70. The Balaban J connectivity index is 2.24. The molecule has 0 unspecified atom stereocenters. The Labute approximate surface area is 112 Å². The average Bonchev–Trinajstić information content (AvgIpc) is 2.70. The van der Waals surface area contributed by atoms with Crippen LogP contribution in [-0.2, 0) is 0 Å². The van der Waals surface area contributed by atoms with E-state index in [0.717, 1.165) is 16.8 Å². The minimum atomic E-state index is 0.196. The number of hydrogen-bond acceptors (Lipinski definition) is 2. The van der Waals surface area contributed by atoms with Crippen molar-refractivity contribution in [1.82, 2.24) is 9.38 Å². The van der Waals surface area contributed by atoms with Gasteiger partial charge in [0, 0.05) is 11.8 Å². The van der Waals surface area contributed by atoms with Gasteiger partial charge in [0.05, 0.1) is 0 Å².